The molecule has 0 amide bonds. The monoisotopic (exact) mass is 232 g/mol. The predicted molar refractivity (Wildman–Crippen MR) is 68.3 cm³/mol. The first-order valence-corrected chi connectivity index (χ1v) is 6.65. The zero-order valence-corrected chi connectivity index (χ0v) is 10.4. The molecule has 0 radical (unpaired) electrons. The molecule has 1 atom stereocenters. The molecule has 1 N–H and O–H groups in total. The van der Waals surface area contributed by atoms with Crippen molar-refractivity contribution >= 4 is 5.82 Å². The lowest BCUT2D eigenvalue weighted by molar-refractivity contribution is 0.407. The van der Waals surface area contributed by atoms with Gasteiger partial charge < -0.3 is 10.2 Å². The fourth-order valence-corrected chi connectivity index (χ4v) is 2.57. The van der Waals surface area contributed by atoms with Crippen molar-refractivity contribution in [2.45, 2.75) is 38.1 Å². The molecular formula is C13H20N4. The van der Waals surface area contributed by atoms with Gasteiger partial charge in [-0.1, -0.05) is 6.42 Å². The highest BCUT2D eigenvalue weighted by Crippen LogP contribution is 2.35. The van der Waals surface area contributed by atoms with Gasteiger partial charge in [0.15, 0.2) is 5.82 Å². The van der Waals surface area contributed by atoms with E-state index >= 15 is 0 Å². The van der Waals surface area contributed by atoms with Gasteiger partial charge in [0.25, 0.3) is 0 Å². The molecule has 1 aromatic heterocycles. The summed E-state index contributed by atoms with van der Waals surface area (Å²) in [6, 6.07) is 4.84. The van der Waals surface area contributed by atoms with Crippen LogP contribution in [0, 0.1) is 0 Å². The van der Waals surface area contributed by atoms with Crippen LogP contribution in [0.2, 0.25) is 0 Å². The van der Waals surface area contributed by atoms with E-state index in [1.54, 1.807) is 0 Å². The normalized spacial score (nSPS) is 25.7. The Labute approximate surface area is 102 Å². The van der Waals surface area contributed by atoms with Crippen molar-refractivity contribution in [2.75, 3.05) is 24.5 Å². The quantitative estimate of drug-likeness (QED) is 0.840. The molecule has 4 heteroatoms. The number of aromatic nitrogens is 2. The van der Waals surface area contributed by atoms with Crippen molar-refractivity contribution in [1.82, 2.24) is 15.5 Å². The minimum absolute atomic E-state index is 0.539. The van der Waals surface area contributed by atoms with E-state index < -0.39 is 0 Å². The van der Waals surface area contributed by atoms with Crippen LogP contribution in [0.3, 0.4) is 0 Å². The number of rotatable bonds is 2. The average molecular weight is 232 g/mol. The zero-order chi connectivity index (χ0) is 11.7. The van der Waals surface area contributed by atoms with Crippen LogP contribution in [-0.2, 0) is 0 Å². The van der Waals surface area contributed by atoms with Crippen molar-refractivity contribution in [3.8, 4) is 0 Å². The summed E-state index contributed by atoms with van der Waals surface area (Å²) >= 11 is 0. The van der Waals surface area contributed by atoms with Crippen LogP contribution in [0.15, 0.2) is 12.1 Å². The van der Waals surface area contributed by atoms with Crippen LogP contribution in [0.1, 0.15) is 37.8 Å². The van der Waals surface area contributed by atoms with Gasteiger partial charge in [-0.3, -0.25) is 0 Å². The number of hydrogen-bond donors (Lipinski definition) is 1. The summed E-state index contributed by atoms with van der Waals surface area (Å²) in [5, 5.41) is 12.2. The summed E-state index contributed by atoms with van der Waals surface area (Å²) in [5.41, 5.74) is 1.18. The Kier molecular flexibility index (Phi) is 2.97. The second-order valence-corrected chi connectivity index (χ2v) is 5.25. The molecule has 3 rings (SSSR count). The summed E-state index contributed by atoms with van der Waals surface area (Å²) in [6.45, 7) is 5.30. The van der Waals surface area contributed by atoms with E-state index in [1.807, 2.05) is 0 Å². The predicted octanol–water partition coefficient (Wildman–Crippen LogP) is 1.54. The van der Waals surface area contributed by atoms with Crippen LogP contribution in [-0.4, -0.2) is 35.9 Å². The van der Waals surface area contributed by atoms with Gasteiger partial charge in [0, 0.05) is 31.6 Å². The first-order chi connectivity index (χ1) is 8.33. The molecule has 4 nitrogen and oxygen atoms in total. The number of nitrogens with one attached hydrogen (secondary N) is 1. The number of hydrogen-bond acceptors (Lipinski definition) is 4. The smallest absolute Gasteiger partial charge is 0.151 e. The van der Waals surface area contributed by atoms with Gasteiger partial charge >= 0.3 is 0 Å². The summed E-state index contributed by atoms with van der Waals surface area (Å²) in [6.07, 6.45) is 3.93. The maximum Gasteiger partial charge on any atom is 0.151 e. The molecule has 2 fully saturated rings. The van der Waals surface area contributed by atoms with Crippen molar-refractivity contribution in [2.24, 2.45) is 0 Å². The van der Waals surface area contributed by atoms with Gasteiger partial charge in [-0.15, -0.1) is 5.10 Å². The minimum atomic E-state index is 0.539. The number of piperazine rings is 1. The van der Waals surface area contributed by atoms with Crippen LogP contribution in [0.4, 0.5) is 5.82 Å². The lowest BCUT2D eigenvalue weighted by Crippen LogP contribution is -2.49. The Balaban J connectivity index is 1.70. The van der Waals surface area contributed by atoms with Gasteiger partial charge in [0.1, 0.15) is 0 Å². The topological polar surface area (TPSA) is 41.1 Å². The minimum Gasteiger partial charge on any atom is -0.352 e. The standard InChI is InChI=1S/C13H20N4/c1-10-9-17(8-7-14-10)13-6-5-12(15-16-13)11-3-2-4-11/h5-6,10-11,14H,2-4,7-9H2,1H3. The van der Waals surface area contributed by atoms with E-state index in [9.17, 15) is 0 Å². The molecule has 0 aromatic carbocycles. The lowest BCUT2D eigenvalue weighted by Gasteiger charge is -2.32. The molecule has 1 aliphatic carbocycles. The van der Waals surface area contributed by atoms with E-state index in [0.717, 1.165) is 25.5 Å². The van der Waals surface area contributed by atoms with Gasteiger partial charge in [-0.05, 0) is 31.9 Å². The van der Waals surface area contributed by atoms with Crippen LogP contribution >= 0.6 is 0 Å². The second kappa shape index (κ2) is 4.61. The van der Waals surface area contributed by atoms with Crippen molar-refractivity contribution in [1.29, 1.82) is 0 Å². The Morgan fingerprint density at radius 1 is 1.29 bits per heavy atom. The molecule has 2 aliphatic rings. The average Bonchev–Trinajstić information content (AvgIpc) is 2.28. The van der Waals surface area contributed by atoms with E-state index in [-0.39, 0.29) is 0 Å². The highest BCUT2D eigenvalue weighted by atomic mass is 15.3. The third-order valence-electron chi connectivity index (χ3n) is 3.89. The van der Waals surface area contributed by atoms with Crippen LogP contribution in [0.25, 0.3) is 0 Å². The highest BCUT2D eigenvalue weighted by molar-refractivity contribution is 5.38. The maximum absolute atomic E-state index is 4.39. The fraction of sp³-hybridized carbons (Fsp3) is 0.692. The first kappa shape index (κ1) is 11.0. The molecule has 1 saturated carbocycles. The van der Waals surface area contributed by atoms with Gasteiger partial charge in [0.2, 0.25) is 0 Å². The Morgan fingerprint density at radius 2 is 2.18 bits per heavy atom. The summed E-state index contributed by atoms with van der Waals surface area (Å²) in [4.78, 5) is 2.32. The Morgan fingerprint density at radius 3 is 2.76 bits per heavy atom. The van der Waals surface area contributed by atoms with Gasteiger partial charge in [-0.25, -0.2) is 0 Å². The lowest BCUT2D eigenvalue weighted by atomic mass is 9.83. The highest BCUT2D eigenvalue weighted by Gasteiger charge is 2.22. The molecule has 0 bridgehead atoms. The molecule has 2 heterocycles. The largest absolute Gasteiger partial charge is 0.352 e. The molecule has 1 aromatic rings. The summed E-state index contributed by atoms with van der Waals surface area (Å²) in [5.74, 6) is 1.71. The maximum atomic E-state index is 4.39. The molecule has 1 unspecified atom stereocenters. The van der Waals surface area contributed by atoms with E-state index in [2.05, 4.69) is 39.5 Å². The van der Waals surface area contributed by atoms with Crippen LogP contribution < -0.4 is 10.2 Å². The van der Waals surface area contributed by atoms with E-state index in [4.69, 9.17) is 0 Å². The van der Waals surface area contributed by atoms with Gasteiger partial charge in [-0.2, -0.15) is 5.10 Å². The SMILES string of the molecule is CC1CN(c2ccc(C3CCC3)nn2)CCN1. The van der Waals surface area contributed by atoms with E-state index in [0.29, 0.717) is 12.0 Å². The number of nitrogens with zero attached hydrogens (tertiary/aromatic N) is 3. The van der Waals surface area contributed by atoms with Crippen LogP contribution in [0.5, 0.6) is 0 Å². The van der Waals surface area contributed by atoms with Crippen molar-refractivity contribution in [3.05, 3.63) is 17.8 Å². The van der Waals surface area contributed by atoms with Crippen molar-refractivity contribution in [3.63, 3.8) is 0 Å². The summed E-state index contributed by atoms with van der Waals surface area (Å²) in [7, 11) is 0. The molecule has 17 heavy (non-hydrogen) atoms. The molecule has 1 saturated heterocycles. The number of anilines is 1. The Hall–Kier alpha value is -1.16. The fourth-order valence-electron chi connectivity index (χ4n) is 2.57. The third kappa shape index (κ3) is 2.27. The second-order valence-electron chi connectivity index (χ2n) is 5.25. The zero-order valence-electron chi connectivity index (χ0n) is 10.4. The van der Waals surface area contributed by atoms with Crippen molar-refractivity contribution < 1.29 is 0 Å². The summed E-state index contributed by atoms with van der Waals surface area (Å²) < 4.78 is 0. The molecule has 0 spiro atoms. The van der Waals surface area contributed by atoms with Gasteiger partial charge in [0.05, 0.1) is 5.69 Å². The molecule has 92 valence electrons. The van der Waals surface area contributed by atoms with E-state index in [1.165, 1.54) is 25.0 Å². The molecule has 1 aliphatic heterocycles. The molecular weight excluding hydrogens is 212 g/mol. The third-order valence-corrected chi connectivity index (χ3v) is 3.89. The Bertz CT molecular complexity index is 372. The first-order valence-electron chi connectivity index (χ1n) is 6.65.